The second-order valence-corrected chi connectivity index (χ2v) is 7.26. The molecule has 0 radical (unpaired) electrons. The summed E-state index contributed by atoms with van der Waals surface area (Å²) in [4.78, 5) is 13.0. The van der Waals surface area contributed by atoms with Crippen molar-refractivity contribution in [1.82, 2.24) is 9.78 Å². The Hall–Kier alpha value is -3.09. The van der Waals surface area contributed by atoms with Crippen molar-refractivity contribution in [3.63, 3.8) is 0 Å². The topological polar surface area (TPSA) is 53.4 Å². The number of ether oxygens (including phenoxy) is 2. The van der Waals surface area contributed by atoms with Crippen LogP contribution in [0.1, 0.15) is 5.56 Å². The van der Waals surface area contributed by atoms with Crippen molar-refractivity contribution in [2.45, 2.75) is 6.54 Å². The predicted octanol–water partition coefficient (Wildman–Crippen LogP) is 5.69. The van der Waals surface area contributed by atoms with E-state index in [0.717, 1.165) is 22.4 Å². The molecule has 0 aliphatic heterocycles. The van der Waals surface area contributed by atoms with Gasteiger partial charge in [0, 0.05) is 12.1 Å². The molecule has 0 unspecified atom stereocenters. The van der Waals surface area contributed by atoms with Gasteiger partial charge in [0.15, 0.2) is 11.6 Å². The molecule has 0 bridgehead atoms. The number of fused-ring (bicyclic) bond motifs is 1. The molecular formula is C22H15Cl2FN2O3. The van der Waals surface area contributed by atoms with Crippen molar-refractivity contribution in [3.8, 4) is 17.2 Å². The van der Waals surface area contributed by atoms with Crippen LogP contribution in [0, 0.1) is 5.82 Å². The molecule has 1 heterocycles. The highest BCUT2D eigenvalue weighted by Gasteiger charge is 2.17. The van der Waals surface area contributed by atoms with Gasteiger partial charge < -0.3 is 9.47 Å². The third-order valence-corrected chi connectivity index (χ3v) is 5.10. The SMILES string of the molecule is COc1c(F)cc(Oc2c(Cl)cnn(Cc3cccc4ccccc34)c2=O)cc1Cl. The smallest absolute Gasteiger partial charge is 0.311 e. The van der Waals surface area contributed by atoms with Gasteiger partial charge in [-0.1, -0.05) is 65.7 Å². The Balaban J connectivity index is 1.72. The Morgan fingerprint density at radius 1 is 1.03 bits per heavy atom. The van der Waals surface area contributed by atoms with Gasteiger partial charge in [0.05, 0.1) is 24.9 Å². The van der Waals surface area contributed by atoms with Crippen LogP contribution >= 0.6 is 23.2 Å². The van der Waals surface area contributed by atoms with Crippen molar-refractivity contribution in [1.29, 1.82) is 0 Å². The second-order valence-electron chi connectivity index (χ2n) is 6.44. The average Bonchev–Trinajstić information content (AvgIpc) is 2.73. The molecule has 1 aromatic heterocycles. The Morgan fingerprint density at radius 3 is 2.57 bits per heavy atom. The zero-order valence-corrected chi connectivity index (χ0v) is 17.2. The molecule has 0 N–H and O–H groups in total. The van der Waals surface area contributed by atoms with Crippen molar-refractivity contribution in [2.24, 2.45) is 0 Å². The molecule has 30 heavy (non-hydrogen) atoms. The van der Waals surface area contributed by atoms with Gasteiger partial charge >= 0.3 is 5.56 Å². The summed E-state index contributed by atoms with van der Waals surface area (Å²) >= 11 is 12.1. The summed E-state index contributed by atoms with van der Waals surface area (Å²) in [5, 5.41) is 6.19. The lowest BCUT2D eigenvalue weighted by molar-refractivity contribution is 0.383. The first-order valence-corrected chi connectivity index (χ1v) is 9.66. The van der Waals surface area contributed by atoms with E-state index in [2.05, 4.69) is 5.10 Å². The third-order valence-electron chi connectivity index (χ3n) is 4.55. The van der Waals surface area contributed by atoms with Gasteiger partial charge in [-0.05, 0) is 16.3 Å². The number of methoxy groups -OCH3 is 1. The molecular weight excluding hydrogens is 430 g/mol. The minimum absolute atomic E-state index is 0.00141. The summed E-state index contributed by atoms with van der Waals surface area (Å²) in [5.74, 6) is -0.993. The Bertz CT molecular complexity index is 1280. The Kier molecular flexibility index (Phi) is 5.61. The first kappa shape index (κ1) is 20.2. The Labute approximate surface area is 181 Å². The van der Waals surface area contributed by atoms with Crippen LogP contribution in [0.3, 0.4) is 0 Å². The standard InChI is InChI=1S/C22H15Cl2FN2O3/c1-29-20-17(23)9-15(10-19(20)25)30-21-18(24)11-26-27(22(21)28)12-14-7-4-6-13-5-2-3-8-16(13)14/h2-11H,12H2,1H3. The van der Waals surface area contributed by atoms with E-state index in [1.165, 1.54) is 24.1 Å². The van der Waals surface area contributed by atoms with E-state index in [9.17, 15) is 9.18 Å². The normalized spacial score (nSPS) is 10.9. The molecule has 0 atom stereocenters. The van der Waals surface area contributed by atoms with Crippen molar-refractivity contribution < 1.29 is 13.9 Å². The van der Waals surface area contributed by atoms with Gasteiger partial charge in [0.1, 0.15) is 10.8 Å². The second kappa shape index (κ2) is 8.34. The summed E-state index contributed by atoms with van der Waals surface area (Å²) < 4.78 is 25.8. The van der Waals surface area contributed by atoms with Crippen LogP contribution in [0.5, 0.6) is 17.2 Å². The van der Waals surface area contributed by atoms with E-state index < -0.39 is 11.4 Å². The molecule has 0 saturated carbocycles. The third kappa shape index (κ3) is 3.84. The fourth-order valence-electron chi connectivity index (χ4n) is 3.16. The molecule has 0 amide bonds. The molecule has 0 aliphatic rings. The van der Waals surface area contributed by atoms with Gasteiger partial charge in [0.25, 0.3) is 0 Å². The van der Waals surface area contributed by atoms with E-state index >= 15 is 0 Å². The van der Waals surface area contributed by atoms with E-state index in [-0.39, 0.29) is 33.8 Å². The molecule has 4 aromatic rings. The highest BCUT2D eigenvalue weighted by atomic mass is 35.5. The van der Waals surface area contributed by atoms with Gasteiger partial charge in [-0.2, -0.15) is 5.10 Å². The van der Waals surface area contributed by atoms with Crippen molar-refractivity contribution >= 4 is 34.0 Å². The van der Waals surface area contributed by atoms with Gasteiger partial charge in [-0.3, -0.25) is 4.79 Å². The molecule has 3 aromatic carbocycles. The molecule has 5 nitrogen and oxygen atoms in total. The number of halogens is 3. The van der Waals surface area contributed by atoms with Crippen LogP contribution in [0.25, 0.3) is 10.8 Å². The zero-order valence-electron chi connectivity index (χ0n) is 15.7. The maximum absolute atomic E-state index is 14.1. The van der Waals surface area contributed by atoms with Crippen molar-refractivity contribution in [3.05, 3.63) is 92.6 Å². The number of nitrogens with zero attached hydrogens (tertiary/aromatic N) is 2. The number of hydrogen-bond acceptors (Lipinski definition) is 4. The maximum Gasteiger partial charge on any atom is 0.311 e. The summed E-state index contributed by atoms with van der Waals surface area (Å²) in [6, 6.07) is 16.1. The van der Waals surface area contributed by atoms with Crippen LogP contribution < -0.4 is 15.0 Å². The molecule has 0 aliphatic carbocycles. The minimum atomic E-state index is -0.721. The van der Waals surface area contributed by atoms with E-state index in [4.69, 9.17) is 32.7 Å². The molecule has 8 heteroatoms. The van der Waals surface area contributed by atoms with E-state index in [1.54, 1.807) is 0 Å². The van der Waals surface area contributed by atoms with Crippen LogP contribution in [-0.2, 0) is 6.54 Å². The number of benzene rings is 3. The van der Waals surface area contributed by atoms with Crippen LogP contribution in [0.4, 0.5) is 4.39 Å². The highest BCUT2D eigenvalue weighted by molar-refractivity contribution is 6.32. The van der Waals surface area contributed by atoms with Crippen LogP contribution in [0.15, 0.2) is 65.6 Å². The molecule has 0 saturated heterocycles. The summed E-state index contributed by atoms with van der Waals surface area (Å²) in [5.41, 5.74) is 0.359. The lowest BCUT2D eigenvalue weighted by Gasteiger charge is -2.12. The highest BCUT2D eigenvalue weighted by Crippen LogP contribution is 2.34. The van der Waals surface area contributed by atoms with Crippen molar-refractivity contribution in [2.75, 3.05) is 7.11 Å². The molecule has 0 fully saturated rings. The average molecular weight is 445 g/mol. The van der Waals surface area contributed by atoms with E-state index in [1.807, 2.05) is 42.5 Å². The number of hydrogen-bond donors (Lipinski definition) is 0. The minimum Gasteiger partial charge on any atom is -0.492 e. The largest absolute Gasteiger partial charge is 0.492 e. The van der Waals surface area contributed by atoms with Gasteiger partial charge in [-0.15, -0.1) is 0 Å². The molecule has 152 valence electrons. The molecule has 4 rings (SSSR count). The lowest BCUT2D eigenvalue weighted by Crippen LogP contribution is -2.24. The zero-order chi connectivity index (χ0) is 21.3. The predicted molar refractivity (Wildman–Crippen MR) is 115 cm³/mol. The summed E-state index contributed by atoms with van der Waals surface area (Å²) in [6.45, 7) is 0.214. The first-order valence-electron chi connectivity index (χ1n) is 8.91. The number of aromatic nitrogens is 2. The molecule has 0 spiro atoms. The van der Waals surface area contributed by atoms with Gasteiger partial charge in [0.2, 0.25) is 5.75 Å². The number of rotatable bonds is 5. The van der Waals surface area contributed by atoms with Gasteiger partial charge in [-0.25, -0.2) is 9.07 Å². The quantitative estimate of drug-likeness (QED) is 0.396. The lowest BCUT2D eigenvalue weighted by atomic mass is 10.0. The fraction of sp³-hybridized carbons (Fsp3) is 0.0909. The summed E-state index contributed by atoms with van der Waals surface area (Å²) in [7, 11) is 1.30. The first-order chi connectivity index (χ1) is 14.5. The maximum atomic E-state index is 14.1. The van der Waals surface area contributed by atoms with Crippen LogP contribution in [0.2, 0.25) is 10.0 Å². The summed E-state index contributed by atoms with van der Waals surface area (Å²) in [6.07, 6.45) is 1.31. The Morgan fingerprint density at radius 2 is 1.80 bits per heavy atom. The monoisotopic (exact) mass is 444 g/mol. The fourth-order valence-corrected chi connectivity index (χ4v) is 3.59. The van der Waals surface area contributed by atoms with E-state index in [0.29, 0.717) is 0 Å². The van der Waals surface area contributed by atoms with Crippen LogP contribution in [-0.4, -0.2) is 16.9 Å².